The van der Waals surface area contributed by atoms with Gasteiger partial charge in [-0.3, -0.25) is 4.90 Å². The van der Waals surface area contributed by atoms with Crippen molar-refractivity contribution < 1.29 is 5.11 Å². The summed E-state index contributed by atoms with van der Waals surface area (Å²) in [5.41, 5.74) is 0. The lowest BCUT2D eigenvalue weighted by Crippen LogP contribution is -2.48. The molecule has 1 N–H and O–H groups in total. The van der Waals surface area contributed by atoms with Gasteiger partial charge in [0.05, 0.1) is 0 Å². The molecule has 1 atom stereocenters. The SMILES string of the molecule is CC(CCCO)N1CCN(C)CC1. The van der Waals surface area contributed by atoms with Gasteiger partial charge < -0.3 is 10.0 Å². The summed E-state index contributed by atoms with van der Waals surface area (Å²) in [4.78, 5) is 4.89. The maximum Gasteiger partial charge on any atom is 0.0431 e. The summed E-state index contributed by atoms with van der Waals surface area (Å²) in [6, 6.07) is 0.640. The van der Waals surface area contributed by atoms with E-state index in [-0.39, 0.29) is 0 Å². The molecule has 0 aliphatic carbocycles. The summed E-state index contributed by atoms with van der Waals surface area (Å²) in [5, 5.41) is 8.73. The fourth-order valence-electron chi connectivity index (χ4n) is 1.83. The average molecular weight is 186 g/mol. The molecule has 78 valence electrons. The zero-order valence-electron chi connectivity index (χ0n) is 8.87. The number of hydrogen-bond donors (Lipinski definition) is 1. The molecule has 1 saturated heterocycles. The van der Waals surface area contributed by atoms with E-state index in [9.17, 15) is 0 Å². The van der Waals surface area contributed by atoms with Crippen LogP contribution >= 0.6 is 0 Å². The van der Waals surface area contributed by atoms with Crippen LogP contribution in [0.15, 0.2) is 0 Å². The molecule has 1 aliphatic heterocycles. The predicted octanol–water partition coefficient (Wildman–Crippen LogP) is 0.395. The number of likely N-dealkylation sites (N-methyl/N-ethyl adjacent to an activating group) is 1. The fourth-order valence-corrected chi connectivity index (χ4v) is 1.83. The first-order chi connectivity index (χ1) is 6.24. The highest BCUT2D eigenvalue weighted by molar-refractivity contribution is 4.74. The third kappa shape index (κ3) is 3.63. The van der Waals surface area contributed by atoms with Crippen LogP contribution in [-0.2, 0) is 0 Å². The van der Waals surface area contributed by atoms with Crippen molar-refractivity contribution in [1.82, 2.24) is 9.80 Å². The maximum absolute atomic E-state index is 8.73. The normalized spacial score (nSPS) is 23.3. The third-order valence-corrected chi connectivity index (χ3v) is 2.94. The van der Waals surface area contributed by atoms with Crippen molar-refractivity contribution in [2.24, 2.45) is 0 Å². The topological polar surface area (TPSA) is 26.7 Å². The summed E-state index contributed by atoms with van der Waals surface area (Å²) in [5.74, 6) is 0. The van der Waals surface area contributed by atoms with E-state index >= 15 is 0 Å². The van der Waals surface area contributed by atoms with Gasteiger partial charge in [-0.25, -0.2) is 0 Å². The van der Waals surface area contributed by atoms with E-state index in [1.165, 1.54) is 26.2 Å². The Morgan fingerprint density at radius 3 is 2.38 bits per heavy atom. The van der Waals surface area contributed by atoms with Gasteiger partial charge in [0, 0.05) is 38.8 Å². The molecule has 0 aromatic heterocycles. The van der Waals surface area contributed by atoms with Crippen LogP contribution in [0.2, 0.25) is 0 Å². The van der Waals surface area contributed by atoms with Gasteiger partial charge >= 0.3 is 0 Å². The number of hydrogen-bond acceptors (Lipinski definition) is 3. The Labute approximate surface area is 81.3 Å². The van der Waals surface area contributed by atoms with E-state index < -0.39 is 0 Å². The van der Waals surface area contributed by atoms with E-state index in [1.807, 2.05) is 0 Å². The van der Waals surface area contributed by atoms with Crippen LogP contribution in [0.25, 0.3) is 0 Å². The lowest BCUT2D eigenvalue weighted by Gasteiger charge is -2.36. The fraction of sp³-hybridized carbons (Fsp3) is 1.00. The Bertz CT molecular complexity index is 133. The summed E-state index contributed by atoms with van der Waals surface area (Å²) >= 11 is 0. The molecule has 1 fully saturated rings. The highest BCUT2D eigenvalue weighted by atomic mass is 16.2. The molecule has 1 heterocycles. The van der Waals surface area contributed by atoms with Gasteiger partial charge in [-0.2, -0.15) is 0 Å². The van der Waals surface area contributed by atoms with Gasteiger partial charge in [0.15, 0.2) is 0 Å². The summed E-state index contributed by atoms with van der Waals surface area (Å²) < 4.78 is 0. The highest BCUT2D eigenvalue weighted by Gasteiger charge is 2.18. The second kappa shape index (κ2) is 5.58. The molecule has 0 radical (unpaired) electrons. The molecule has 1 aliphatic rings. The highest BCUT2D eigenvalue weighted by Crippen LogP contribution is 2.09. The molecular weight excluding hydrogens is 164 g/mol. The maximum atomic E-state index is 8.73. The number of aliphatic hydroxyl groups is 1. The molecule has 3 nitrogen and oxygen atoms in total. The Kier molecular flexibility index (Phi) is 4.70. The minimum atomic E-state index is 0.331. The first kappa shape index (κ1) is 11.0. The summed E-state index contributed by atoms with van der Waals surface area (Å²) in [6.07, 6.45) is 2.06. The smallest absolute Gasteiger partial charge is 0.0431 e. The van der Waals surface area contributed by atoms with Crippen LogP contribution in [0.1, 0.15) is 19.8 Å². The zero-order chi connectivity index (χ0) is 9.68. The first-order valence-corrected chi connectivity index (χ1v) is 5.27. The van der Waals surface area contributed by atoms with Gasteiger partial charge in [0.1, 0.15) is 0 Å². The van der Waals surface area contributed by atoms with Crippen molar-refractivity contribution in [1.29, 1.82) is 0 Å². The second-order valence-electron chi connectivity index (χ2n) is 4.05. The Hall–Kier alpha value is -0.120. The van der Waals surface area contributed by atoms with Crippen LogP contribution in [0.5, 0.6) is 0 Å². The zero-order valence-corrected chi connectivity index (χ0v) is 8.87. The van der Waals surface area contributed by atoms with Crippen molar-refractivity contribution in [3.05, 3.63) is 0 Å². The molecule has 1 unspecified atom stereocenters. The van der Waals surface area contributed by atoms with Crippen molar-refractivity contribution in [3.63, 3.8) is 0 Å². The summed E-state index contributed by atoms with van der Waals surface area (Å²) in [7, 11) is 2.18. The Morgan fingerprint density at radius 1 is 1.23 bits per heavy atom. The molecule has 0 saturated carbocycles. The molecule has 0 aromatic carbocycles. The van der Waals surface area contributed by atoms with Gasteiger partial charge in [0.2, 0.25) is 0 Å². The largest absolute Gasteiger partial charge is 0.396 e. The van der Waals surface area contributed by atoms with E-state index in [1.54, 1.807) is 0 Å². The van der Waals surface area contributed by atoms with Crippen molar-refractivity contribution in [3.8, 4) is 0 Å². The van der Waals surface area contributed by atoms with Crippen LogP contribution in [0.3, 0.4) is 0 Å². The second-order valence-corrected chi connectivity index (χ2v) is 4.05. The van der Waals surface area contributed by atoms with Crippen LogP contribution in [0, 0.1) is 0 Å². The molecule has 0 aromatic rings. The summed E-state index contributed by atoms with van der Waals surface area (Å²) in [6.45, 7) is 7.33. The van der Waals surface area contributed by atoms with Crippen molar-refractivity contribution in [2.45, 2.75) is 25.8 Å². The predicted molar refractivity (Wildman–Crippen MR) is 54.9 cm³/mol. The lowest BCUT2D eigenvalue weighted by molar-refractivity contribution is 0.110. The van der Waals surface area contributed by atoms with Crippen molar-refractivity contribution >= 4 is 0 Å². The van der Waals surface area contributed by atoms with Crippen LogP contribution in [0.4, 0.5) is 0 Å². The third-order valence-electron chi connectivity index (χ3n) is 2.94. The molecule has 13 heavy (non-hydrogen) atoms. The van der Waals surface area contributed by atoms with Gasteiger partial charge in [0.25, 0.3) is 0 Å². The average Bonchev–Trinajstić information content (AvgIpc) is 2.15. The Morgan fingerprint density at radius 2 is 1.85 bits per heavy atom. The van der Waals surface area contributed by atoms with E-state index in [2.05, 4.69) is 23.8 Å². The van der Waals surface area contributed by atoms with Gasteiger partial charge in [-0.1, -0.05) is 0 Å². The number of nitrogens with zero attached hydrogens (tertiary/aromatic N) is 2. The van der Waals surface area contributed by atoms with E-state index in [4.69, 9.17) is 5.11 Å². The lowest BCUT2D eigenvalue weighted by atomic mass is 10.1. The monoisotopic (exact) mass is 186 g/mol. The number of rotatable bonds is 4. The van der Waals surface area contributed by atoms with Gasteiger partial charge in [-0.05, 0) is 26.8 Å². The number of piperazine rings is 1. The molecule has 1 rings (SSSR count). The van der Waals surface area contributed by atoms with Crippen molar-refractivity contribution in [2.75, 3.05) is 39.8 Å². The van der Waals surface area contributed by atoms with Gasteiger partial charge in [-0.15, -0.1) is 0 Å². The molecule has 3 heteroatoms. The van der Waals surface area contributed by atoms with Crippen LogP contribution in [-0.4, -0.2) is 60.8 Å². The molecular formula is C10H22N2O. The molecule has 0 spiro atoms. The van der Waals surface area contributed by atoms with E-state index in [0.717, 1.165) is 12.8 Å². The minimum absolute atomic E-state index is 0.331. The Balaban J connectivity index is 2.19. The molecule has 0 bridgehead atoms. The number of aliphatic hydroxyl groups excluding tert-OH is 1. The standard InChI is InChI=1S/C10H22N2O/c1-10(4-3-9-13)12-7-5-11(2)6-8-12/h10,13H,3-9H2,1-2H3. The quantitative estimate of drug-likeness (QED) is 0.688. The molecule has 0 amide bonds. The minimum Gasteiger partial charge on any atom is -0.396 e. The van der Waals surface area contributed by atoms with E-state index in [0.29, 0.717) is 12.6 Å². The van der Waals surface area contributed by atoms with Crippen LogP contribution < -0.4 is 0 Å². The first-order valence-electron chi connectivity index (χ1n) is 5.27.